The first-order valence-corrected chi connectivity index (χ1v) is 10.9. The quantitative estimate of drug-likeness (QED) is 0.822. The van der Waals surface area contributed by atoms with Gasteiger partial charge in [-0.1, -0.05) is 0 Å². The Morgan fingerprint density at radius 3 is 2.78 bits per heavy atom. The van der Waals surface area contributed by atoms with Gasteiger partial charge in [0, 0.05) is 30.0 Å². The molecular weight excluding hydrogens is 391 g/mol. The van der Waals surface area contributed by atoms with Crippen LogP contribution in [0.2, 0.25) is 0 Å². The number of ether oxygens (including phenoxy) is 1. The van der Waals surface area contributed by atoms with Gasteiger partial charge in [0.2, 0.25) is 5.91 Å². The second-order valence-electron chi connectivity index (χ2n) is 6.75. The second kappa shape index (κ2) is 6.79. The van der Waals surface area contributed by atoms with Crippen LogP contribution in [0.15, 0.2) is 28.5 Å². The van der Waals surface area contributed by atoms with Gasteiger partial charge in [-0.3, -0.25) is 9.52 Å². The normalized spacial score (nSPS) is 16.7. The number of hydrogen-bond donors (Lipinski definition) is 1. The maximum atomic E-state index is 13.8. The van der Waals surface area contributed by atoms with Crippen molar-refractivity contribution in [3.8, 4) is 5.75 Å². The molecule has 0 atom stereocenters. The summed E-state index contributed by atoms with van der Waals surface area (Å²) in [5.41, 5.74) is 1.01. The number of methoxy groups -OCH3 is 1. The van der Waals surface area contributed by atoms with Crippen LogP contribution in [0.3, 0.4) is 0 Å². The van der Waals surface area contributed by atoms with E-state index in [1.54, 1.807) is 6.07 Å². The molecule has 1 N–H and O–H groups in total. The average Bonchev–Trinajstić information content (AvgIpc) is 3.38. The Bertz CT molecular complexity index is 999. The van der Waals surface area contributed by atoms with Crippen molar-refractivity contribution in [2.75, 3.05) is 18.4 Å². The maximum absolute atomic E-state index is 13.8. The number of hydrogen-bond acceptors (Lipinski definition) is 5. The molecule has 2 aromatic rings. The van der Waals surface area contributed by atoms with Crippen LogP contribution < -0.4 is 9.46 Å². The number of rotatable bonds is 5. The summed E-state index contributed by atoms with van der Waals surface area (Å²) >= 11 is 1.20. The second-order valence-corrected chi connectivity index (χ2v) is 9.80. The Labute approximate surface area is 161 Å². The smallest absolute Gasteiger partial charge is 0.271 e. The molecule has 27 heavy (non-hydrogen) atoms. The molecule has 0 unspecified atom stereocenters. The van der Waals surface area contributed by atoms with E-state index in [0.717, 1.165) is 29.3 Å². The van der Waals surface area contributed by atoms with Crippen molar-refractivity contribution in [3.05, 3.63) is 40.5 Å². The van der Waals surface area contributed by atoms with Gasteiger partial charge in [0.05, 0.1) is 12.8 Å². The number of anilines is 1. The third-order valence-corrected chi connectivity index (χ3v) is 7.84. The van der Waals surface area contributed by atoms with E-state index in [4.69, 9.17) is 4.74 Å². The van der Waals surface area contributed by atoms with Gasteiger partial charge in [-0.15, -0.1) is 11.3 Å². The minimum atomic E-state index is -3.83. The first kappa shape index (κ1) is 18.2. The Hall–Kier alpha value is -2.13. The van der Waals surface area contributed by atoms with Gasteiger partial charge >= 0.3 is 0 Å². The van der Waals surface area contributed by atoms with E-state index in [1.165, 1.54) is 30.6 Å². The van der Waals surface area contributed by atoms with Crippen molar-refractivity contribution in [3.63, 3.8) is 0 Å². The lowest BCUT2D eigenvalue weighted by Gasteiger charge is -2.26. The summed E-state index contributed by atoms with van der Waals surface area (Å²) < 4.78 is 46.6. The van der Waals surface area contributed by atoms with Crippen LogP contribution in [0.5, 0.6) is 5.75 Å². The van der Waals surface area contributed by atoms with Crippen LogP contribution in [0.1, 0.15) is 23.3 Å². The summed E-state index contributed by atoms with van der Waals surface area (Å²) in [6.45, 7) is 1.08. The highest BCUT2D eigenvalue weighted by atomic mass is 32.2. The minimum Gasteiger partial charge on any atom is -0.494 e. The van der Waals surface area contributed by atoms with E-state index in [2.05, 4.69) is 4.72 Å². The Morgan fingerprint density at radius 2 is 2.11 bits per heavy atom. The maximum Gasteiger partial charge on any atom is 0.271 e. The first-order valence-electron chi connectivity index (χ1n) is 8.64. The third kappa shape index (κ3) is 3.66. The van der Waals surface area contributed by atoms with Gasteiger partial charge in [-0.2, -0.15) is 0 Å². The lowest BCUT2D eigenvalue weighted by Crippen LogP contribution is -2.36. The van der Waals surface area contributed by atoms with Gasteiger partial charge in [-0.05, 0) is 43.0 Å². The molecular formula is C18H19FN2O4S2. The number of halogens is 1. The fourth-order valence-electron chi connectivity index (χ4n) is 3.15. The molecule has 0 spiro atoms. The standard InChI is InChI=1S/C18H19FN2O4S2/c1-25-15-5-4-13(9-14(15)19)20-27(23,24)17-8-12-10-21(7-6-16(12)26-17)18(22)11-2-3-11/h4-5,8-9,11,20H,2-3,6-7,10H2,1H3. The van der Waals surface area contributed by atoms with Gasteiger partial charge in [0.25, 0.3) is 10.0 Å². The highest BCUT2D eigenvalue weighted by Gasteiger charge is 2.35. The molecule has 144 valence electrons. The molecule has 2 aliphatic rings. The van der Waals surface area contributed by atoms with Crippen molar-refractivity contribution in [2.24, 2.45) is 5.92 Å². The fraction of sp³-hybridized carbons (Fsp3) is 0.389. The van der Waals surface area contributed by atoms with Crippen molar-refractivity contribution in [2.45, 2.75) is 30.0 Å². The number of nitrogens with one attached hydrogen (secondary N) is 1. The number of amides is 1. The molecule has 1 aliphatic heterocycles. The summed E-state index contributed by atoms with van der Waals surface area (Å²) in [4.78, 5) is 15.0. The van der Waals surface area contributed by atoms with Crippen molar-refractivity contribution in [1.29, 1.82) is 0 Å². The number of sulfonamides is 1. The molecule has 1 aromatic carbocycles. The molecule has 1 amide bonds. The molecule has 0 radical (unpaired) electrons. The van der Waals surface area contributed by atoms with Crippen molar-refractivity contribution >= 4 is 33.0 Å². The summed E-state index contributed by atoms with van der Waals surface area (Å²) in [6.07, 6.45) is 2.56. The zero-order valence-electron chi connectivity index (χ0n) is 14.7. The summed E-state index contributed by atoms with van der Waals surface area (Å²) in [5, 5.41) is 0. The zero-order chi connectivity index (χ0) is 19.2. The van der Waals surface area contributed by atoms with Crippen LogP contribution in [-0.4, -0.2) is 32.9 Å². The molecule has 1 aliphatic carbocycles. The van der Waals surface area contributed by atoms with Crippen molar-refractivity contribution < 1.29 is 22.3 Å². The van der Waals surface area contributed by atoms with Gasteiger partial charge in [0.1, 0.15) is 4.21 Å². The molecule has 9 heteroatoms. The topological polar surface area (TPSA) is 75.7 Å². The lowest BCUT2D eigenvalue weighted by molar-refractivity contribution is -0.133. The molecule has 1 aromatic heterocycles. The molecule has 4 rings (SSSR count). The van der Waals surface area contributed by atoms with Crippen LogP contribution >= 0.6 is 11.3 Å². The SMILES string of the molecule is COc1ccc(NS(=O)(=O)c2cc3c(s2)CCN(C(=O)C2CC2)C3)cc1F. The van der Waals surface area contributed by atoms with Gasteiger partial charge in [0.15, 0.2) is 11.6 Å². The zero-order valence-corrected chi connectivity index (χ0v) is 16.3. The van der Waals surface area contributed by atoms with E-state index in [9.17, 15) is 17.6 Å². The number of thiophene rings is 1. The fourth-order valence-corrected chi connectivity index (χ4v) is 5.74. The van der Waals surface area contributed by atoms with E-state index in [0.29, 0.717) is 19.5 Å². The van der Waals surface area contributed by atoms with Crippen LogP contribution in [-0.2, 0) is 27.8 Å². The molecule has 0 saturated heterocycles. The lowest BCUT2D eigenvalue weighted by atomic mass is 10.1. The van der Waals surface area contributed by atoms with Crippen molar-refractivity contribution in [1.82, 2.24) is 4.90 Å². The molecule has 6 nitrogen and oxygen atoms in total. The Kier molecular flexibility index (Phi) is 4.59. The number of fused-ring (bicyclic) bond motifs is 1. The molecule has 0 bridgehead atoms. The Balaban J connectivity index is 1.53. The van der Waals surface area contributed by atoms with Gasteiger partial charge < -0.3 is 9.64 Å². The summed E-state index contributed by atoms with van der Waals surface area (Å²) in [7, 11) is -2.48. The largest absolute Gasteiger partial charge is 0.494 e. The molecule has 1 saturated carbocycles. The van der Waals surface area contributed by atoms with Crippen LogP contribution in [0.4, 0.5) is 10.1 Å². The highest BCUT2D eigenvalue weighted by molar-refractivity contribution is 7.94. The predicted octanol–water partition coefficient (Wildman–Crippen LogP) is 2.99. The predicted molar refractivity (Wildman–Crippen MR) is 99.9 cm³/mol. The molecule has 2 heterocycles. The average molecular weight is 410 g/mol. The van der Waals surface area contributed by atoms with E-state index < -0.39 is 15.8 Å². The van der Waals surface area contributed by atoms with E-state index >= 15 is 0 Å². The van der Waals surface area contributed by atoms with Gasteiger partial charge in [-0.25, -0.2) is 12.8 Å². The van der Waals surface area contributed by atoms with Crippen LogP contribution in [0, 0.1) is 11.7 Å². The van der Waals surface area contributed by atoms with E-state index in [1.807, 2.05) is 4.90 Å². The third-order valence-electron chi connectivity index (χ3n) is 4.75. The highest BCUT2D eigenvalue weighted by Crippen LogP contribution is 2.36. The van der Waals surface area contributed by atoms with E-state index in [-0.39, 0.29) is 27.5 Å². The summed E-state index contributed by atoms with van der Waals surface area (Å²) in [5.74, 6) is -0.273. The minimum absolute atomic E-state index is 0.0463. The number of nitrogens with zero attached hydrogens (tertiary/aromatic N) is 1. The monoisotopic (exact) mass is 410 g/mol. The summed E-state index contributed by atoms with van der Waals surface area (Å²) in [6, 6.07) is 5.52. The first-order chi connectivity index (χ1) is 12.9. The number of carbonyl (C=O) groups excluding carboxylic acids is 1. The number of benzene rings is 1. The number of carbonyl (C=O) groups is 1. The van der Waals surface area contributed by atoms with Crippen LogP contribution in [0.25, 0.3) is 0 Å². The Morgan fingerprint density at radius 1 is 1.33 bits per heavy atom. The molecule has 1 fully saturated rings.